The van der Waals surface area contributed by atoms with Crippen LogP contribution in [0.25, 0.3) is 0 Å². The van der Waals surface area contributed by atoms with E-state index in [0.29, 0.717) is 13.2 Å². The molecule has 0 N–H and O–H groups in total. The van der Waals surface area contributed by atoms with Crippen molar-refractivity contribution in [3.63, 3.8) is 0 Å². The quantitative estimate of drug-likeness (QED) is 0.613. The molecule has 0 aliphatic carbocycles. The lowest BCUT2D eigenvalue weighted by molar-refractivity contribution is -0.206. The first-order valence-electron chi connectivity index (χ1n) is 5.51. The topological polar surface area (TPSA) is 65.1 Å². The van der Waals surface area contributed by atoms with Crippen LogP contribution in [0.15, 0.2) is 0 Å². The zero-order valence-corrected chi connectivity index (χ0v) is 8.76. The first-order valence-corrected chi connectivity index (χ1v) is 5.51. The summed E-state index contributed by atoms with van der Waals surface area (Å²) in [6.07, 6.45) is 0.885. The van der Waals surface area contributed by atoms with E-state index in [1.54, 1.807) is 0 Å². The molecule has 2 amide bonds. The van der Waals surface area contributed by atoms with Gasteiger partial charge in [0.2, 0.25) is 0 Å². The predicted molar refractivity (Wildman–Crippen MR) is 49.8 cm³/mol. The standard InChI is InChI=1S/C10H13NO5/c12-8-1-2-9(13)11(8)16-7-5-15-10-6(7)3-4-14-10/h6-7,10H,1-5H2/t6-,7-,10+/m0/s1. The van der Waals surface area contributed by atoms with Crippen molar-refractivity contribution in [2.24, 2.45) is 5.92 Å². The molecule has 0 bridgehead atoms. The minimum Gasteiger partial charge on any atom is -0.352 e. The van der Waals surface area contributed by atoms with Crippen molar-refractivity contribution >= 4 is 11.8 Å². The van der Waals surface area contributed by atoms with E-state index in [1.807, 2.05) is 0 Å². The van der Waals surface area contributed by atoms with Crippen LogP contribution in [-0.2, 0) is 23.9 Å². The highest BCUT2D eigenvalue weighted by molar-refractivity contribution is 6.00. The molecule has 0 saturated carbocycles. The van der Waals surface area contributed by atoms with Gasteiger partial charge in [0.25, 0.3) is 11.8 Å². The van der Waals surface area contributed by atoms with Crippen molar-refractivity contribution in [3.05, 3.63) is 0 Å². The van der Waals surface area contributed by atoms with E-state index in [1.165, 1.54) is 0 Å². The Labute approximate surface area is 92.4 Å². The van der Waals surface area contributed by atoms with Gasteiger partial charge in [-0.15, -0.1) is 0 Å². The van der Waals surface area contributed by atoms with Crippen molar-refractivity contribution in [2.45, 2.75) is 31.7 Å². The lowest BCUT2D eigenvalue weighted by Crippen LogP contribution is -2.37. The van der Waals surface area contributed by atoms with Gasteiger partial charge in [0.05, 0.1) is 13.2 Å². The fourth-order valence-corrected chi connectivity index (χ4v) is 2.34. The highest BCUT2D eigenvalue weighted by atomic mass is 16.7. The van der Waals surface area contributed by atoms with Gasteiger partial charge < -0.3 is 9.47 Å². The summed E-state index contributed by atoms with van der Waals surface area (Å²) in [4.78, 5) is 28.2. The number of ether oxygens (including phenoxy) is 2. The Morgan fingerprint density at radius 3 is 2.69 bits per heavy atom. The van der Waals surface area contributed by atoms with Gasteiger partial charge >= 0.3 is 0 Å². The zero-order valence-electron chi connectivity index (χ0n) is 8.76. The molecule has 3 saturated heterocycles. The molecule has 16 heavy (non-hydrogen) atoms. The second-order valence-corrected chi connectivity index (χ2v) is 4.25. The van der Waals surface area contributed by atoms with Crippen molar-refractivity contribution in [2.75, 3.05) is 13.2 Å². The normalized spacial score (nSPS) is 38.5. The number of imide groups is 1. The third-order valence-corrected chi connectivity index (χ3v) is 3.23. The van der Waals surface area contributed by atoms with Gasteiger partial charge in [-0.3, -0.25) is 14.4 Å². The van der Waals surface area contributed by atoms with Crippen LogP contribution in [0.2, 0.25) is 0 Å². The fourth-order valence-electron chi connectivity index (χ4n) is 2.34. The second kappa shape index (κ2) is 3.80. The Bertz CT molecular complexity index is 315. The number of hydrogen-bond acceptors (Lipinski definition) is 5. The number of hydroxylamine groups is 2. The lowest BCUT2D eigenvalue weighted by Gasteiger charge is -2.20. The Balaban J connectivity index is 1.66. The van der Waals surface area contributed by atoms with Crippen molar-refractivity contribution in [1.82, 2.24) is 5.06 Å². The number of carbonyl (C=O) groups is 2. The first kappa shape index (κ1) is 10.2. The summed E-state index contributed by atoms with van der Waals surface area (Å²) in [5, 5.41) is 0.898. The van der Waals surface area contributed by atoms with Crippen LogP contribution in [0.3, 0.4) is 0 Å². The molecule has 3 fully saturated rings. The maximum Gasteiger partial charge on any atom is 0.254 e. The van der Waals surface area contributed by atoms with Crippen LogP contribution in [0.1, 0.15) is 19.3 Å². The van der Waals surface area contributed by atoms with Crippen molar-refractivity contribution in [3.8, 4) is 0 Å². The van der Waals surface area contributed by atoms with Gasteiger partial charge in [-0.05, 0) is 6.42 Å². The van der Waals surface area contributed by atoms with Crippen LogP contribution < -0.4 is 0 Å². The maximum atomic E-state index is 11.4. The van der Waals surface area contributed by atoms with Gasteiger partial charge in [0, 0.05) is 18.8 Å². The van der Waals surface area contributed by atoms with E-state index in [2.05, 4.69) is 0 Å². The average Bonchev–Trinajstić information content (AvgIpc) is 2.91. The Morgan fingerprint density at radius 2 is 1.94 bits per heavy atom. The fraction of sp³-hybridized carbons (Fsp3) is 0.800. The summed E-state index contributed by atoms with van der Waals surface area (Å²) in [5.74, 6) is -0.374. The number of nitrogens with zero attached hydrogens (tertiary/aromatic N) is 1. The third-order valence-electron chi connectivity index (χ3n) is 3.23. The molecule has 3 aliphatic rings. The smallest absolute Gasteiger partial charge is 0.254 e. The highest BCUT2D eigenvalue weighted by Crippen LogP contribution is 2.34. The molecule has 0 radical (unpaired) electrons. The lowest BCUT2D eigenvalue weighted by atomic mass is 10.0. The van der Waals surface area contributed by atoms with E-state index in [9.17, 15) is 9.59 Å². The molecule has 3 heterocycles. The molecular formula is C10H13NO5. The SMILES string of the molecule is O=C1CCC(=O)N1O[C@H]1CO[C@H]2OCC[C@H]21. The molecular weight excluding hydrogens is 214 g/mol. The van der Waals surface area contributed by atoms with Gasteiger partial charge in [-0.25, -0.2) is 0 Å². The highest BCUT2D eigenvalue weighted by Gasteiger charge is 2.45. The molecule has 6 heteroatoms. The molecule has 6 nitrogen and oxygen atoms in total. The Morgan fingerprint density at radius 1 is 1.19 bits per heavy atom. The van der Waals surface area contributed by atoms with E-state index in [-0.39, 0.29) is 43.0 Å². The molecule has 3 aliphatic heterocycles. The summed E-state index contributed by atoms with van der Waals surface area (Å²) in [5.41, 5.74) is 0. The number of amides is 2. The van der Waals surface area contributed by atoms with Gasteiger partial charge in [0.15, 0.2) is 6.29 Å². The largest absolute Gasteiger partial charge is 0.352 e. The molecule has 88 valence electrons. The van der Waals surface area contributed by atoms with E-state index < -0.39 is 0 Å². The molecule has 0 aromatic heterocycles. The molecule has 0 aromatic carbocycles. The first-order chi connectivity index (χ1) is 7.75. The molecule has 0 unspecified atom stereocenters. The van der Waals surface area contributed by atoms with Crippen LogP contribution in [0.4, 0.5) is 0 Å². The minimum atomic E-state index is -0.257. The average molecular weight is 227 g/mol. The van der Waals surface area contributed by atoms with E-state index in [0.717, 1.165) is 11.5 Å². The van der Waals surface area contributed by atoms with Gasteiger partial charge in [-0.2, -0.15) is 5.06 Å². The number of carbonyl (C=O) groups excluding carboxylic acids is 2. The third kappa shape index (κ3) is 1.53. The number of hydrogen-bond donors (Lipinski definition) is 0. The van der Waals surface area contributed by atoms with E-state index >= 15 is 0 Å². The molecule has 0 aromatic rings. The summed E-state index contributed by atoms with van der Waals surface area (Å²) in [6, 6.07) is 0. The number of fused-ring (bicyclic) bond motifs is 1. The summed E-state index contributed by atoms with van der Waals surface area (Å²) in [6.45, 7) is 1.03. The predicted octanol–water partition coefficient (Wildman–Crippen LogP) is -0.172. The van der Waals surface area contributed by atoms with Crippen LogP contribution >= 0.6 is 0 Å². The van der Waals surface area contributed by atoms with Gasteiger partial charge in [-0.1, -0.05) is 0 Å². The summed E-state index contributed by atoms with van der Waals surface area (Å²) in [7, 11) is 0. The van der Waals surface area contributed by atoms with Crippen molar-refractivity contribution < 1.29 is 23.9 Å². The molecule has 3 rings (SSSR count). The van der Waals surface area contributed by atoms with Crippen molar-refractivity contribution in [1.29, 1.82) is 0 Å². The zero-order chi connectivity index (χ0) is 11.1. The second-order valence-electron chi connectivity index (χ2n) is 4.25. The number of rotatable bonds is 2. The Kier molecular flexibility index (Phi) is 2.42. The Hall–Kier alpha value is -0.980. The molecule has 3 atom stereocenters. The summed E-state index contributed by atoms with van der Waals surface area (Å²) >= 11 is 0. The molecule has 0 spiro atoms. The van der Waals surface area contributed by atoms with Crippen LogP contribution in [-0.4, -0.2) is 42.5 Å². The minimum absolute atomic E-state index is 0.140. The van der Waals surface area contributed by atoms with Gasteiger partial charge in [0.1, 0.15) is 6.10 Å². The maximum absolute atomic E-state index is 11.4. The monoisotopic (exact) mass is 227 g/mol. The van der Waals surface area contributed by atoms with E-state index in [4.69, 9.17) is 14.3 Å². The van der Waals surface area contributed by atoms with Crippen LogP contribution in [0.5, 0.6) is 0 Å². The van der Waals surface area contributed by atoms with Crippen LogP contribution in [0, 0.1) is 5.92 Å². The summed E-state index contributed by atoms with van der Waals surface area (Å²) < 4.78 is 10.7.